The number of phenolic OH excluding ortho intramolecular Hbond substituents is 1. The summed E-state index contributed by atoms with van der Waals surface area (Å²) in [5.74, 6) is 0.120. The molecule has 0 fully saturated rings. The lowest BCUT2D eigenvalue weighted by molar-refractivity contribution is 0.195. The van der Waals surface area contributed by atoms with E-state index in [0.717, 1.165) is 0 Å². The van der Waals surface area contributed by atoms with Crippen LogP contribution in [0.4, 0.5) is 0 Å². The van der Waals surface area contributed by atoms with Crippen LogP contribution in [0.2, 0.25) is 5.02 Å². The molecule has 2 nitrogen and oxygen atoms in total. The minimum Gasteiger partial charge on any atom is -0.507 e. The molecule has 1 rings (SSSR count). The molecule has 0 radical (unpaired) electrons. The van der Waals surface area contributed by atoms with Crippen molar-refractivity contribution in [1.29, 1.82) is 0 Å². The predicted molar refractivity (Wildman–Crippen MR) is 48.5 cm³/mol. The van der Waals surface area contributed by atoms with Gasteiger partial charge in [0.2, 0.25) is 0 Å². The standard InChI is InChI=1S/C9H11ClO2/c1-5-3-7(10)4-8(6(2)11)9(5)12/h3-4,6,11-12H,1-2H3. The summed E-state index contributed by atoms with van der Waals surface area (Å²) >= 11 is 5.74. The van der Waals surface area contributed by atoms with Crippen molar-refractivity contribution < 1.29 is 10.2 Å². The van der Waals surface area contributed by atoms with Crippen molar-refractivity contribution in [2.24, 2.45) is 0 Å². The summed E-state index contributed by atoms with van der Waals surface area (Å²) in [5.41, 5.74) is 1.15. The molecule has 0 aliphatic heterocycles. The van der Waals surface area contributed by atoms with Gasteiger partial charge in [-0.1, -0.05) is 11.6 Å². The van der Waals surface area contributed by atoms with Gasteiger partial charge in [0, 0.05) is 10.6 Å². The second-order valence-corrected chi connectivity index (χ2v) is 3.27. The first-order valence-electron chi connectivity index (χ1n) is 3.69. The Morgan fingerprint density at radius 3 is 2.50 bits per heavy atom. The molecule has 66 valence electrons. The Balaban J connectivity index is 3.28. The SMILES string of the molecule is Cc1cc(Cl)cc(C(C)O)c1O. The van der Waals surface area contributed by atoms with Gasteiger partial charge in [0.1, 0.15) is 5.75 Å². The Morgan fingerprint density at radius 2 is 2.00 bits per heavy atom. The summed E-state index contributed by atoms with van der Waals surface area (Å²) in [5, 5.41) is 19.2. The van der Waals surface area contributed by atoms with Gasteiger partial charge in [-0.05, 0) is 31.5 Å². The zero-order valence-corrected chi connectivity index (χ0v) is 7.76. The average Bonchev–Trinajstić information content (AvgIpc) is 1.96. The van der Waals surface area contributed by atoms with E-state index in [-0.39, 0.29) is 5.75 Å². The number of aliphatic hydroxyl groups excluding tert-OH is 1. The first-order chi connectivity index (χ1) is 5.52. The second-order valence-electron chi connectivity index (χ2n) is 2.84. The number of hydrogen-bond donors (Lipinski definition) is 2. The molecule has 1 atom stereocenters. The summed E-state index contributed by atoms with van der Waals surface area (Å²) in [7, 11) is 0. The molecule has 0 bridgehead atoms. The lowest BCUT2D eigenvalue weighted by Crippen LogP contribution is -1.93. The fourth-order valence-electron chi connectivity index (χ4n) is 1.08. The summed E-state index contributed by atoms with van der Waals surface area (Å²) in [6.45, 7) is 3.33. The zero-order valence-electron chi connectivity index (χ0n) is 7.00. The predicted octanol–water partition coefficient (Wildman–Crippen LogP) is 2.41. The third-order valence-corrected chi connectivity index (χ3v) is 1.96. The third kappa shape index (κ3) is 1.71. The molecule has 3 heteroatoms. The van der Waals surface area contributed by atoms with E-state index >= 15 is 0 Å². The van der Waals surface area contributed by atoms with Crippen LogP contribution in [0.1, 0.15) is 24.2 Å². The maximum atomic E-state index is 9.47. The number of hydrogen-bond acceptors (Lipinski definition) is 2. The van der Waals surface area contributed by atoms with Gasteiger partial charge < -0.3 is 10.2 Å². The number of aromatic hydroxyl groups is 1. The van der Waals surface area contributed by atoms with E-state index in [1.165, 1.54) is 0 Å². The van der Waals surface area contributed by atoms with Gasteiger partial charge in [0.05, 0.1) is 6.10 Å². The summed E-state index contributed by atoms with van der Waals surface area (Å²) in [4.78, 5) is 0. The van der Waals surface area contributed by atoms with E-state index in [1.54, 1.807) is 26.0 Å². The van der Waals surface area contributed by atoms with Crippen molar-refractivity contribution in [2.45, 2.75) is 20.0 Å². The van der Waals surface area contributed by atoms with Crippen LogP contribution >= 0.6 is 11.6 Å². The fourth-order valence-corrected chi connectivity index (χ4v) is 1.36. The monoisotopic (exact) mass is 186 g/mol. The van der Waals surface area contributed by atoms with Gasteiger partial charge in [-0.25, -0.2) is 0 Å². The van der Waals surface area contributed by atoms with Crippen LogP contribution in [-0.2, 0) is 0 Å². The molecular weight excluding hydrogens is 176 g/mol. The minimum absolute atomic E-state index is 0.120. The number of aryl methyl sites for hydroxylation is 1. The average molecular weight is 187 g/mol. The molecule has 0 heterocycles. The Hall–Kier alpha value is -0.730. The molecule has 12 heavy (non-hydrogen) atoms. The van der Waals surface area contributed by atoms with E-state index < -0.39 is 6.10 Å². The molecule has 0 aliphatic carbocycles. The number of halogens is 1. The van der Waals surface area contributed by atoms with Crippen molar-refractivity contribution in [3.8, 4) is 5.75 Å². The molecule has 0 spiro atoms. The lowest BCUT2D eigenvalue weighted by Gasteiger charge is -2.09. The van der Waals surface area contributed by atoms with Gasteiger partial charge in [-0.15, -0.1) is 0 Å². The molecule has 1 unspecified atom stereocenters. The Labute approximate surface area is 76.4 Å². The highest BCUT2D eigenvalue weighted by atomic mass is 35.5. The maximum absolute atomic E-state index is 9.47. The molecule has 0 aliphatic rings. The highest BCUT2D eigenvalue weighted by Gasteiger charge is 2.10. The van der Waals surface area contributed by atoms with Gasteiger partial charge in [-0.3, -0.25) is 0 Å². The fraction of sp³-hybridized carbons (Fsp3) is 0.333. The van der Waals surface area contributed by atoms with E-state index in [2.05, 4.69) is 0 Å². The van der Waals surface area contributed by atoms with Crippen molar-refractivity contribution in [3.05, 3.63) is 28.3 Å². The van der Waals surface area contributed by atoms with Crippen molar-refractivity contribution in [1.82, 2.24) is 0 Å². The molecule has 1 aromatic rings. The van der Waals surface area contributed by atoms with Crippen molar-refractivity contribution >= 4 is 11.6 Å². The summed E-state index contributed by atoms with van der Waals surface area (Å²) in [6.07, 6.45) is -0.692. The molecular formula is C9H11ClO2. The first kappa shape index (κ1) is 9.36. The van der Waals surface area contributed by atoms with Gasteiger partial charge >= 0.3 is 0 Å². The molecule has 0 aromatic heterocycles. The van der Waals surface area contributed by atoms with Crippen molar-refractivity contribution in [3.63, 3.8) is 0 Å². The number of phenols is 1. The van der Waals surface area contributed by atoms with Crippen LogP contribution in [0, 0.1) is 6.92 Å². The number of benzene rings is 1. The van der Waals surface area contributed by atoms with E-state index in [4.69, 9.17) is 11.6 Å². The highest BCUT2D eigenvalue weighted by Crippen LogP contribution is 2.30. The Morgan fingerprint density at radius 1 is 1.42 bits per heavy atom. The molecule has 1 aromatic carbocycles. The van der Waals surface area contributed by atoms with Crippen LogP contribution in [0.25, 0.3) is 0 Å². The van der Waals surface area contributed by atoms with Crippen molar-refractivity contribution in [2.75, 3.05) is 0 Å². The first-order valence-corrected chi connectivity index (χ1v) is 4.07. The molecule has 2 N–H and O–H groups in total. The van der Waals surface area contributed by atoms with Gasteiger partial charge in [0.25, 0.3) is 0 Å². The summed E-state index contributed by atoms with van der Waals surface area (Å²) < 4.78 is 0. The van der Waals surface area contributed by atoms with Crippen LogP contribution in [0.3, 0.4) is 0 Å². The maximum Gasteiger partial charge on any atom is 0.124 e. The lowest BCUT2D eigenvalue weighted by atomic mass is 10.1. The minimum atomic E-state index is -0.692. The van der Waals surface area contributed by atoms with Crippen LogP contribution < -0.4 is 0 Å². The second kappa shape index (κ2) is 3.33. The van der Waals surface area contributed by atoms with E-state index in [1.807, 2.05) is 0 Å². The normalized spacial score (nSPS) is 13.0. The zero-order chi connectivity index (χ0) is 9.30. The topological polar surface area (TPSA) is 40.5 Å². The quantitative estimate of drug-likeness (QED) is 0.707. The Bertz CT molecular complexity index is 295. The largest absolute Gasteiger partial charge is 0.507 e. The van der Waals surface area contributed by atoms with Gasteiger partial charge in [-0.2, -0.15) is 0 Å². The van der Waals surface area contributed by atoms with E-state index in [9.17, 15) is 10.2 Å². The van der Waals surface area contributed by atoms with Crippen LogP contribution in [-0.4, -0.2) is 10.2 Å². The Kier molecular flexibility index (Phi) is 2.60. The molecule has 0 amide bonds. The van der Waals surface area contributed by atoms with Crippen LogP contribution in [0.5, 0.6) is 5.75 Å². The van der Waals surface area contributed by atoms with Crippen LogP contribution in [0.15, 0.2) is 12.1 Å². The smallest absolute Gasteiger partial charge is 0.124 e. The molecule has 0 saturated carbocycles. The van der Waals surface area contributed by atoms with Gasteiger partial charge in [0.15, 0.2) is 0 Å². The number of rotatable bonds is 1. The molecule has 0 saturated heterocycles. The highest BCUT2D eigenvalue weighted by molar-refractivity contribution is 6.30. The summed E-state index contributed by atoms with van der Waals surface area (Å²) in [6, 6.07) is 3.22. The van der Waals surface area contributed by atoms with E-state index in [0.29, 0.717) is 16.1 Å². The number of aliphatic hydroxyl groups is 1. The third-order valence-electron chi connectivity index (χ3n) is 1.74.